The second kappa shape index (κ2) is 12.3. The SMILES string of the molecule is CCOc1ccc(CCCC(C(=O)N2CCN(c3cccc(C)n3)CC2)[C@H](O)C(=O)NO)cc1. The molecule has 9 heteroatoms. The van der Waals surface area contributed by atoms with Crippen molar-refractivity contribution in [1.82, 2.24) is 15.4 Å². The standard InChI is InChI=1S/C25H34N4O5/c1-3-34-20-12-10-19(11-13-20)7-5-8-21(23(30)24(31)27-33)25(32)29-16-14-28(15-17-29)22-9-4-6-18(2)26-22/h4,6,9-13,21,23,30,33H,3,5,7-8,14-17H2,1-2H3,(H,27,31)/t21?,23-/m0/s1. The number of hydroxylamine groups is 1. The molecule has 2 aromatic rings. The minimum absolute atomic E-state index is 0.278. The molecule has 0 radical (unpaired) electrons. The molecule has 0 saturated carbocycles. The van der Waals surface area contributed by atoms with E-state index in [0.29, 0.717) is 52.0 Å². The first kappa shape index (κ1) is 25.5. The minimum atomic E-state index is -1.62. The number of hydrogen-bond acceptors (Lipinski definition) is 7. The summed E-state index contributed by atoms with van der Waals surface area (Å²) in [4.78, 5) is 33.5. The van der Waals surface area contributed by atoms with Gasteiger partial charge in [0.05, 0.1) is 12.5 Å². The third kappa shape index (κ3) is 6.68. The van der Waals surface area contributed by atoms with Crippen LogP contribution in [0.4, 0.5) is 5.82 Å². The Morgan fingerprint density at radius 3 is 2.44 bits per heavy atom. The number of ether oxygens (including phenoxy) is 1. The topological polar surface area (TPSA) is 115 Å². The van der Waals surface area contributed by atoms with Gasteiger partial charge in [-0.1, -0.05) is 18.2 Å². The second-order valence-corrected chi connectivity index (χ2v) is 8.45. The number of aryl methyl sites for hydroxylation is 2. The van der Waals surface area contributed by atoms with E-state index in [2.05, 4.69) is 9.88 Å². The van der Waals surface area contributed by atoms with Crippen molar-refractivity contribution in [3.8, 4) is 5.75 Å². The number of hydrogen-bond donors (Lipinski definition) is 3. The Hall–Kier alpha value is -3.17. The van der Waals surface area contributed by atoms with Crippen LogP contribution in [0.3, 0.4) is 0 Å². The first-order valence-corrected chi connectivity index (χ1v) is 11.7. The Balaban J connectivity index is 1.59. The predicted octanol–water partition coefficient (Wildman–Crippen LogP) is 1.94. The van der Waals surface area contributed by atoms with Crippen molar-refractivity contribution in [1.29, 1.82) is 0 Å². The van der Waals surface area contributed by atoms with Crippen molar-refractivity contribution in [2.75, 3.05) is 37.7 Å². The van der Waals surface area contributed by atoms with Gasteiger partial charge < -0.3 is 19.6 Å². The molecule has 184 valence electrons. The summed E-state index contributed by atoms with van der Waals surface area (Å²) in [6, 6.07) is 13.6. The zero-order chi connectivity index (χ0) is 24.5. The van der Waals surface area contributed by atoms with Gasteiger partial charge in [-0.2, -0.15) is 0 Å². The van der Waals surface area contributed by atoms with Gasteiger partial charge in [-0.05, 0) is 62.9 Å². The van der Waals surface area contributed by atoms with Crippen molar-refractivity contribution in [2.24, 2.45) is 5.92 Å². The van der Waals surface area contributed by atoms with E-state index in [0.717, 1.165) is 22.8 Å². The molecule has 3 N–H and O–H groups in total. The number of aromatic nitrogens is 1. The highest BCUT2D eigenvalue weighted by atomic mass is 16.5. The lowest BCUT2D eigenvalue weighted by Gasteiger charge is -2.37. The van der Waals surface area contributed by atoms with E-state index >= 15 is 0 Å². The molecule has 2 atom stereocenters. The summed E-state index contributed by atoms with van der Waals surface area (Å²) in [5.74, 6) is -0.506. The molecule has 1 aliphatic rings. The van der Waals surface area contributed by atoms with Crippen LogP contribution in [0.2, 0.25) is 0 Å². The number of rotatable bonds is 10. The Labute approximate surface area is 200 Å². The molecule has 1 fully saturated rings. The molecule has 34 heavy (non-hydrogen) atoms. The molecule has 2 heterocycles. The summed E-state index contributed by atoms with van der Waals surface area (Å²) >= 11 is 0. The number of nitrogens with zero attached hydrogens (tertiary/aromatic N) is 3. The van der Waals surface area contributed by atoms with Crippen LogP contribution in [0.25, 0.3) is 0 Å². The zero-order valence-electron chi connectivity index (χ0n) is 19.8. The normalized spacial score (nSPS) is 15.5. The van der Waals surface area contributed by atoms with E-state index in [4.69, 9.17) is 9.94 Å². The molecule has 9 nitrogen and oxygen atoms in total. The van der Waals surface area contributed by atoms with E-state index in [1.165, 1.54) is 5.48 Å². The summed E-state index contributed by atoms with van der Waals surface area (Å²) < 4.78 is 5.46. The number of aliphatic hydroxyl groups is 1. The van der Waals surface area contributed by atoms with Crippen molar-refractivity contribution < 1.29 is 24.6 Å². The fraction of sp³-hybridized carbons (Fsp3) is 0.480. The fourth-order valence-corrected chi connectivity index (χ4v) is 4.21. The fourth-order valence-electron chi connectivity index (χ4n) is 4.21. The maximum absolute atomic E-state index is 13.3. The number of carbonyl (C=O) groups excluding carboxylic acids is 2. The highest BCUT2D eigenvalue weighted by Gasteiger charge is 2.35. The average Bonchev–Trinajstić information content (AvgIpc) is 2.86. The molecular formula is C25H34N4O5. The van der Waals surface area contributed by atoms with E-state index in [1.807, 2.05) is 56.3 Å². The van der Waals surface area contributed by atoms with Gasteiger partial charge in [0.25, 0.3) is 5.91 Å². The number of amides is 2. The molecule has 1 aliphatic heterocycles. The van der Waals surface area contributed by atoms with Gasteiger partial charge in [-0.15, -0.1) is 0 Å². The van der Waals surface area contributed by atoms with Gasteiger partial charge in [0, 0.05) is 31.9 Å². The molecule has 2 amide bonds. The summed E-state index contributed by atoms with van der Waals surface area (Å²) in [5, 5.41) is 19.5. The maximum Gasteiger partial charge on any atom is 0.272 e. The zero-order valence-corrected chi connectivity index (χ0v) is 19.8. The Bertz CT molecular complexity index is 945. The summed E-state index contributed by atoms with van der Waals surface area (Å²) in [5.41, 5.74) is 3.48. The van der Waals surface area contributed by atoms with E-state index in [1.54, 1.807) is 4.90 Å². The van der Waals surface area contributed by atoms with Crippen molar-refractivity contribution in [3.63, 3.8) is 0 Å². The van der Waals surface area contributed by atoms with Crippen molar-refractivity contribution in [2.45, 2.75) is 39.2 Å². The van der Waals surface area contributed by atoms with Crippen LogP contribution >= 0.6 is 0 Å². The summed E-state index contributed by atoms with van der Waals surface area (Å²) in [6.45, 7) is 6.64. The molecular weight excluding hydrogens is 436 g/mol. The lowest BCUT2D eigenvalue weighted by atomic mass is 9.92. The summed E-state index contributed by atoms with van der Waals surface area (Å²) in [6.07, 6.45) is -0.00124. The lowest BCUT2D eigenvalue weighted by molar-refractivity contribution is -0.151. The van der Waals surface area contributed by atoms with Crippen LogP contribution in [-0.4, -0.2) is 70.9 Å². The molecule has 1 aromatic carbocycles. The number of carbonyl (C=O) groups is 2. The van der Waals surface area contributed by atoms with E-state index < -0.39 is 17.9 Å². The second-order valence-electron chi connectivity index (χ2n) is 8.45. The molecule has 0 bridgehead atoms. The summed E-state index contributed by atoms with van der Waals surface area (Å²) in [7, 11) is 0. The van der Waals surface area contributed by atoms with Crippen LogP contribution < -0.4 is 15.1 Å². The van der Waals surface area contributed by atoms with E-state index in [9.17, 15) is 14.7 Å². The molecule has 3 rings (SSSR count). The first-order valence-electron chi connectivity index (χ1n) is 11.7. The van der Waals surface area contributed by atoms with Gasteiger partial charge >= 0.3 is 0 Å². The van der Waals surface area contributed by atoms with Gasteiger partial charge in [-0.25, -0.2) is 10.5 Å². The van der Waals surface area contributed by atoms with Crippen LogP contribution in [0.15, 0.2) is 42.5 Å². The average molecular weight is 471 g/mol. The Morgan fingerprint density at radius 2 is 1.82 bits per heavy atom. The number of benzene rings is 1. The van der Waals surface area contributed by atoms with Crippen LogP contribution in [-0.2, 0) is 16.0 Å². The maximum atomic E-state index is 13.3. The Kier molecular flexibility index (Phi) is 9.24. The van der Waals surface area contributed by atoms with Crippen LogP contribution in [0, 0.1) is 12.8 Å². The number of pyridine rings is 1. The highest BCUT2D eigenvalue weighted by molar-refractivity contribution is 5.88. The Morgan fingerprint density at radius 1 is 1.12 bits per heavy atom. The third-order valence-corrected chi connectivity index (χ3v) is 6.08. The molecule has 0 aliphatic carbocycles. The lowest BCUT2D eigenvalue weighted by Crippen LogP contribution is -2.53. The van der Waals surface area contributed by atoms with Crippen LogP contribution in [0.1, 0.15) is 31.0 Å². The number of piperazine rings is 1. The molecule has 1 aromatic heterocycles. The third-order valence-electron chi connectivity index (χ3n) is 6.08. The van der Waals surface area contributed by atoms with Gasteiger partial charge in [-0.3, -0.25) is 14.8 Å². The smallest absolute Gasteiger partial charge is 0.272 e. The van der Waals surface area contributed by atoms with Gasteiger partial charge in [0.15, 0.2) is 0 Å². The van der Waals surface area contributed by atoms with Crippen molar-refractivity contribution >= 4 is 17.6 Å². The number of nitrogens with one attached hydrogen (secondary N) is 1. The molecule has 1 saturated heterocycles. The van der Waals surface area contributed by atoms with E-state index in [-0.39, 0.29) is 5.91 Å². The quantitative estimate of drug-likeness (QED) is 0.359. The highest BCUT2D eigenvalue weighted by Crippen LogP contribution is 2.21. The molecule has 1 unspecified atom stereocenters. The largest absolute Gasteiger partial charge is 0.494 e. The monoisotopic (exact) mass is 470 g/mol. The number of anilines is 1. The van der Waals surface area contributed by atoms with Crippen LogP contribution in [0.5, 0.6) is 5.75 Å². The van der Waals surface area contributed by atoms with Crippen molar-refractivity contribution in [3.05, 3.63) is 53.7 Å². The van der Waals surface area contributed by atoms with Gasteiger partial charge in [0.2, 0.25) is 5.91 Å². The molecule has 0 spiro atoms. The number of aliphatic hydroxyl groups excluding tert-OH is 1. The van der Waals surface area contributed by atoms with Gasteiger partial charge in [0.1, 0.15) is 17.7 Å². The first-order chi connectivity index (χ1) is 16.4. The minimum Gasteiger partial charge on any atom is -0.494 e. The predicted molar refractivity (Wildman–Crippen MR) is 128 cm³/mol.